The van der Waals surface area contributed by atoms with Gasteiger partial charge in [-0.2, -0.15) is 0 Å². The zero-order chi connectivity index (χ0) is 37.3. The van der Waals surface area contributed by atoms with E-state index in [9.17, 15) is 14.4 Å². The molecule has 0 aliphatic carbocycles. The van der Waals surface area contributed by atoms with Crippen molar-refractivity contribution >= 4 is 17.9 Å². The first kappa shape index (κ1) is 49.4. The lowest BCUT2D eigenvalue weighted by molar-refractivity contribution is -0.167. The van der Waals surface area contributed by atoms with Crippen molar-refractivity contribution in [1.82, 2.24) is 0 Å². The molecule has 0 spiro atoms. The second-order valence-electron chi connectivity index (χ2n) is 15.3. The Balaban J connectivity index is 4.32. The molecule has 302 valence electrons. The van der Waals surface area contributed by atoms with Crippen LogP contribution in [-0.4, -0.2) is 37.2 Å². The van der Waals surface area contributed by atoms with Gasteiger partial charge in [-0.1, -0.05) is 213 Å². The van der Waals surface area contributed by atoms with Gasteiger partial charge in [-0.05, 0) is 19.3 Å². The average molecular weight is 723 g/mol. The third-order valence-electron chi connectivity index (χ3n) is 10.1. The molecule has 0 saturated carbocycles. The maximum Gasteiger partial charge on any atom is 0.306 e. The largest absolute Gasteiger partial charge is 0.462 e. The quantitative estimate of drug-likeness (QED) is 0.0355. The second kappa shape index (κ2) is 41.2. The highest BCUT2D eigenvalue weighted by atomic mass is 16.6. The Morgan fingerprint density at radius 2 is 0.529 bits per heavy atom. The Hall–Kier alpha value is -1.59. The standard InChI is InChI=1S/C45H86O6/c1-4-7-10-13-16-19-22-24-27-30-33-36-39-45(48)51-42(40-49-43(46)37-34-31-28-25-21-18-15-12-9-6-3)41-50-44(47)38-35-32-29-26-23-20-17-14-11-8-5-2/h42H,4-41H2,1-3H3/t42-/m0/s1. The van der Waals surface area contributed by atoms with Crippen molar-refractivity contribution in [2.45, 2.75) is 258 Å². The normalized spacial score (nSPS) is 11.8. The second-order valence-corrected chi connectivity index (χ2v) is 15.3. The minimum absolute atomic E-state index is 0.0629. The van der Waals surface area contributed by atoms with Crippen LogP contribution in [0.3, 0.4) is 0 Å². The first-order chi connectivity index (χ1) is 25.0. The van der Waals surface area contributed by atoms with Crippen LogP contribution in [0.5, 0.6) is 0 Å². The molecule has 0 fully saturated rings. The molecule has 0 amide bonds. The lowest BCUT2D eigenvalue weighted by Crippen LogP contribution is -2.30. The zero-order valence-electron chi connectivity index (χ0n) is 34.4. The van der Waals surface area contributed by atoms with Crippen LogP contribution in [0.25, 0.3) is 0 Å². The molecular weight excluding hydrogens is 636 g/mol. The summed E-state index contributed by atoms with van der Waals surface area (Å²) in [4.78, 5) is 37.6. The summed E-state index contributed by atoms with van der Waals surface area (Å²) in [6.07, 6.45) is 40.8. The number of hydrogen-bond acceptors (Lipinski definition) is 6. The number of carbonyl (C=O) groups is 3. The maximum absolute atomic E-state index is 12.7. The van der Waals surface area contributed by atoms with Gasteiger partial charge < -0.3 is 14.2 Å². The number of carbonyl (C=O) groups excluding carboxylic acids is 3. The molecule has 0 aliphatic rings. The fraction of sp³-hybridized carbons (Fsp3) is 0.933. The van der Waals surface area contributed by atoms with Gasteiger partial charge in [0.15, 0.2) is 6.10 Å². The monoisotopic (exact) mass is 723 g/mol. The van der Waals surface area contributed by atoms with E-state index in [2.05, 4.69) is 20.8 Å². The summed E-state index contributed by atoms with van der Waals surface area (Å²) >= 11 is 0. The first-order valence-corrected chi connectivity index (χ1v) is 22.5. The molecule has 6 nitrogen and oxygen atoms in total. The van der Waals surface area contributed by atoms with Crippen LogP contribution in [0, 0.1) is 0 Å². The van der Waals surface area contributed by atoms with Crippen molar-refractivity contribution in [3.8, 4) is 0 Å². The van der Waals surface area contributed by atoms with Crippen molar-refractivity contribution in [3.63, 3.8) is 0 Å². The van der Waals surface area contributed by atoms with Gasteiger partial charge in [0.05, 0.1) is 0 Å². The fourth-order valence-corrected chi connectivity index (χ4v) is 6.68. The Bertz CT molecular complexity index is 753. The van der Waals surface area contributed by atoms with E-state index in [1.807, 2.05) is 0 Å². The van der Waals surface area contributed by atoms with Gasteiger partial charge in [0.25, 0.3) is 0 Å². The van der Waals surface area contributed by atoms with Crippen LogP contribution in [0.2, 0.25) is 0 Å². The number of ether oxygens (including phenoxy) is 3. The van der Waals surface area contributed by atoms with Gasteiger partial charge >= 0.3 is 17.9 Å². The third kappa shape index (κ3) is 39.5. The van der Waals surface area contributed by atoms with Gasteiger partial charge in [0.2, 0.25) is 0 Å². The van der Waals surface area contributed by atoms with E-state index in [1.54, 1.807) is 0 Å². The molecule has 0 aromatic carbocycles. The zero-order valence-corrected chi connectivity index (χ0v) is 34.4. The smallest absolute Gasteiger partial charge is 0.306 e. The summed E-state index contributed by atoms with van der Waals surface area (Å²) in [6.45, 7) is 6.63. The molecular formula is C45H86O6. The highest BCUT2D eigenvalue weighted by Gasteiger charge is 2.19. The Morgan fingerprint density at radius 3 is 0.784 bits per heavy atom. The van der Waals surface area contributed by atoms with Crippen LogP contribution < -0.4 is 0 Å². The molecule has 0 aromatic heterocycles. The first-order valence-electron chi connectivity index (χ1n) is 22.5. The number of rotatable bonds is 41. The number of esters is 3. The van der Waals surface area contributed by atoms with E-state index in [0.717, 1.165) is 57.8 Å². The Labute approximate surface area is 317 Å². The molecule has 0 saturated heterocycles. The molecule has 0 unspecified atom stereocenters. The molecule has 0 bridgehead atoms. The minimum atomic E-state index is -0.757. The number of unbranched alkanes of at least 4 members (excludes halogenated alkanes) is 30. The highest BCUT2D eigenvalue weighted by molar-refractivity contribution is 5.71. The van der Waals surface area contributed by atoms with Crippen molar-refractivity contribution in [1.29, 1.82) is 0 Å². The van der Waals surface area contributed by atoms with E-state index in [-0.39, 0.29) is 31.1 Å². The van der Waals surface area contributed by atoms with Crippen molar-refractivity contribution in [3.05, 3.63) is 0 Å². The van der Waals surface area contributed by atoms with Crippen LogP contribution in [0.4, 0.5) is 0 Å². The Morgan fingerprint density at radius 1 is 0.314 bits per heavy atom. The molecule has 0 radical (unpaired) electrons. The summed E-state index contributed by atoms with van der Waals surface area (Å²) in [7, 11) is 0. The van der Waals surface area contributed by atoms with Gasteiger partial charge in [0.1, 0.15) is 13.2 Å². The predicted molar refractivity (Wildman–Crippen MR) is 215 cm³/mol. The van der Waals surface area contributed by atoms with Gasteiger partial charge in [-0.25, -0.2) is 0 Å². The lowest BCUT2D eigenvalue weighted by Gasteiger charge is -2.18. The highest BCUT2D eigenvalue weighted by Crippen LogP contribution is 2.15. The van der Waals surface area contributed by atoms with Crippen LogP contribution >= 0.6 is 0 Å². The molecule has 51 heavy (non-hydrogen) atoms. The average Bonchev–Trinajstić information content (AvgIpc) is 3.12. The third-order valence-corrected chi connectivity index (χ3v) is 10.1. The van der Waals surface area contributed by atoms with E-state index < -0.39 is 6.10 Å². The molecule has 0 N–H and O–H groups in total. The molecule has 0 aromatic rings. The van der Waals surface area contributed by atoms with Gasteiger partial charge in [0, 0.05) is 19.3 Å². The van der Waals surface area contributed by atoms with E-state index in [1.165, 1.54) is 154 Å². The molecule has 0 rings (SSSR count). The summed E-state index contributed by atoms with van der Waals surface area (Å²) in [5.74, 6) is -0.854. The fourth-order valence-electron chi connectivity index (χ4n) is 6.68. The van der Waals surface area contributed by atoms with Crippen molar-refractivity contribution in [2.24, 2.45) is 0 Å². The van der Waals surface area contributed by atoms with Crippen molar-refractivity contribution in [2.75, 3.05) is 13.2 Å². The lowest BCUT2D eigenvalue weighted by atomic mass is 10.0. The predicted octanol–water partition coefficient (Wildman–Crippen LogP) is 14.1. The summed E-state index contributed by atoms with van der Waals surface area (Å²) < 4.78 is 16.7. The maximum atomic E-state index is 12.7. The van der Waals surface area contributed by atoms with E-state index >= 15 is 0 Å². The van der Waals surface area contributed by atoms with E-state index in [4.69, 9.17) is 14.2 Å². The Kier molecular flexibility index (Phi) is 39.9. The van der Waals surface area contributed by atoms with Crippen LogP contribution in [0.1, 0.15) is 252 Å². The summed E-state index contributed by atoms with van der Waals surface area (Å²) in [6, 6.07) is 0. The van der Waals surface area contributed by atoms with Gasteiger partial charge in [-0.3, -0.25) is 14.4 Å². The number of hydrogen-bond donors (Lipinski definition) is 0. The molecule has 0 aliphatic heterocycles. The summed E-state index contributed by atoms with van der Waals surface area (Å²) in [5, 5.41) is 0. The van der Waals surface area contributed by atoms with Crippen LogP contribution in [0.15, 0.2) is 0 Å². The SMILES string of the molecule is CCCCCCCCCCCCCCC(=O)O[C@@H](COC(=O)CCCCCCCCCCCC)COC(=O)CCCCCCCCCCCCC. The van der Waals surface area contributed by atoms with Gasteiger partial charge in [-0.15, -0.1) is 0 Å². The minimum Gasteiger partial charge on any atom is -0.462 e. The van der Waals surface area contributed by atoms with E-state index in [0.29, 0.717) is 19.3 Å². The summed E-state index contributed by atoms with van der Waals surface area (Å²) in [5.41, 5.74) is 0. The van der Waals surface area contributed by atoms with Crippen LogP contribution in [-0.2, 0) is 28.6 Å². The molecule has 6 heteroatoms. The van der Waals surface area contributed by atoms with Crippen molar-refractivity contribution < 1.29 is 28.6 Å². The molecule has 1 atom stereocenters. The topological polar surface area (TPSA) is 78.9 Å². The molecule has 0 heterocycles.